The zero-order chi connectivity index (χ0) is 14.8. The summed E-state index contributed by atoms with van der Waals surface area (Å²) in [7, 11) is 1.56. The van der Waals surface area contributed by atoms with E-state index in [4.69, 9.17) is 27.2 Å². The molecule has 0 aromatic heterocycles. The van der Waals surface area contributed by atoms with E-state index in [0.717, 1.165) is 11.1 Å². The molecule has 1 rings (SSSR count). The van der Waals surface area contributed by atoms with Crippen molar-refractivity contribution < 1.29 is 14.6 Å². The molecule has 0 spiro atoms. The van der Waals surface area contributed by atoms with Crippen molar-refractivity contribution in [3.63, 3.8) is 0 Å². The second-order valence-electron chi connectivity index (χ2n) is 5.54. The molecule has 19 heavy (non-hydrogen) atoms. The van der Waals surface area contributed by atoms with Crippen LogP contribution in [0.1, 0.15) is 31.9 Å². The predicted molar refractivity (Wildman–Crippen MR) is 76.0 cm³/mol. The Kier molecular flexibility index (Phi) is 4.82. The normalized spacial score (nSPS) is 13.2. The lowest BCUT2D eigenvalue weighted by Crippen LogP contribution is -2.32. The molecule has 0 saturated heterocycles. The van der Waals surface area contributed by atoms with Crippen LogP contribution >= 0.6 is 11.6 Å². The number of benzene rings is 1. The van der Waals surface area contributed by atoms with E-state index in [1.807, 2.05) is 26.8 Å². The number of ether oxygens (including phenoxy) is 1. The van der Waals surface area contributed by atoms with E-state index in [1.165, 1.54) is 0 Å². The summed E-state index contributed by atoms with van der Waals surface area (Å²) in [5, 5.41) is 9.46. The van der Waals surface area contributed by atoms with Gasteiger partial charge >= 0.3 is 5.97 Å². The van der Waals surface area contributed by atoms with Gasteiger partial charge in [-0.2, -0.15) is 0 Å². The van der Waals surface area contributed by atoms with Gasteiger partial charge in [0, 0.05) is 17.0 Å². The minimum atomic E-state index is -1.04. The quantitative estimate of drug-likeness (QED) is 0.892. The van der Waals surface area contributed by atoms with Crippen LogP contribution in [0.3, 0.4) is 0 Å². The molecule has 106 valence electrons. The minimum absolute atomic E-state index is 0.154. The first kappa shape index (κ1) is 15.8. The average molecular weight is 286 g/mol. The standard InChI is InChI=1S/C14H20ClNO3/c1-14(2,3)10-7-9(15)5-8(12(10)19-4)6-11(16)13(17)18/h5,7,11H,6,16H2,1-4H3,(H,17,18). The van der Waals surface area contributed by atoms with E-state index in [-0.39, 0.29) is 11.8 Å². The Hall–Kier alpha value is -1.26. The minimum Gasteiger partial charge on any atom is -0.496 e. The van der Waals surface area contributed by atoms with Crippen LogP contribution in [-0.4, -0.2) is 24.2 Å². The predicted octanol–water partition coefficient (Wildman–Crippen LogP) is 2.60. The highest BCUT2D eigenvalue weighted by molar-refractivity contribution is 6.30. The number of carboxylic acids is 1. The zero-order valence-corrected chi connectivity index (χ0v) is 12.4. The van der Waals surface area contributed by atoms with E-state index >= 15 is 0 Å². The fraction of sp³-hybridized carbons (Fsp3) is 0.500. The van der Waals surface area contributed by atoms with Crippen LogP contribution in [0.25, 0.3) is 0 Å². The molecule has 1 aromatic carbocycles. The maximum atomic E-state index is 10.9. The maximum absolute atomic E-state index is 10.9. The molecule has 0 aliphatic heterocycles. The summed E-state index contributed by atoms with van der Waals surface area (Å²) in [6, 6.07) is 2.58. The topological polar surface area (TPSA) is 72.5 Å². The third-order valence-corrected chi connectivity index (χ3v) is 3.12. The fourth-order valence-corrected chi connectivity index (χ4v) is 2.16. The van der Waals surface area contributed by atoms with Gasteiger partial charge in [0.2, 0.25) is 0 Å². The van der Waals surface area contributed by atoms with Crippen molar-refractivity contribution in [2.75, 3.05) is 7.11 Å². The van der Waals surface area contributed by atoms with E-state index in [1.54, 1.807) is 13.2 Å². The summed E-state index contributed by atoms with van der Waals surface area (Å²) in [6.07, 6.45) is 0.183. The molecule has 0 amide bonds. The fourth-order valence-electron chi connectivity index (χ4n) is 1.92. The molecule has 0 heterocycles. The summed E-state index contributed by atoms with van der Waals surface area (Å²) in [6.45, 7) is 6.13. The van der Waals surface area contributed by atoms with Crippen LogP contribution < -0.4 is 10.5 Å². The highest BCUT2D eigenvalue weighted by Gasteiger charge is 2.24. The van der Waals surface area contributed by atoms with Crippen molar-refractivity contribution in [2.24, 2.45) is 5.73 Å². The molecule has 4 nitrogen and oxygen atoms in total. The molecule has 0 fully saturated rings. The first-order chi connectivity index (χ1) is 8.66. The smallest absolute Gasteiger partial charge is 0.320 e. The highest BCUT2D eigenvalue weighted by Crippen LogP contribution is 2.37. The highest BCUT2D eigenvalue weighted by atomic mass is 35.5. The summed E-state index contributed by atoms with van der Waals surface area (Å²) < 4.78 is 5.43. The number of hydrogen-bond donors (Lipinski definition) is 2. The molecule has 0 saturated carbocycles. The summed E-state index contributed by atoms with van der Waals surface area (Å²) in [5.74, 6) is -0.382. The SMILES string of the molecule is COc1c(CC(N)C(=O)O)cc(Cl)cc1C(C)(C)C. The average Bonchev–Trinajstić information content (AvgIpc) is 2.26. The van der Waals surface area contributed by atoms with Crippen molar-refractivity contribution in [1.29, 1.82) is 0 Å². The Labute approximate surface area is 118 Å². The molecule has 0 radical (unpaired) electrons. The third kappa shape index (κ3) is 3.85. The van der Waals surface area contributed by atoms with Crippen LogP contribution in [0.15, 0.2) is 12.1 Å². The van der Waals surface area contributed by atoms with Crippen molar-refractivity contribution in [3.8, 4) is 5.75 Å². The third-order valence-electron chi connectivity index (χ3n) is 2.90. The lowest BCUT2D eigenvalue weighted by atomic mass is 9.84. The van der Waals surface area contributed by atoms with Gasteiger partial charge < -0.3 is 15.6 Å². The molecule has 0 aliphatic carbocycles. The number of carboxylic acid groups (broad SMARTS) is 1. The molecular formula is C14H20ClNO3. The van der Waals surface area contributed by atoms with Gasteiger partial charge in [-0.1, -0.05) is 32.4 Å². The number of nitrogens with two attached hydrogens (primary N) is 1. The Balaban J connectivity index is 3.31. The summed E-state index contributed by atoms with van der Waals surface area (Å²) in [5.41, 5.74) is 7.09. The van der Waals surface area contributed by atoms with Gasteiger partial charge in [0.1, 0.15) is 11.8 Å². The number of halogens is 1. The number of aliphatic carboxylic acids is 1. The van der Waals surface area contributed by atoms with Gasteiger partial charge in [0.05, 0.1) is 7.11 Å². The van der Waals surface area contributed by atoms with E-state index in [9.17, 15) is 4.79 Å². The molecule has 1 atom stereocenters. The Morgan fingerprint density at radius 2 is 2.05 bits per heavy atom. The van der Waals surface area contributed by atoms with Gasteiger partial charge in [-0.25, -0.2) is 0 Å². The van der Waals surface area contributed by atoms with E-state index in [0.29, 0.717) is 10.8 Å². The van der Waals surface area contributed by atoms with Crippen LogP contribution in [0.2, 0.25) is 5.02 Å². The van der Waals surface area contributed by atoms with Crippen molar-refractivity contribution in [2.45, 2.75) is 38.6 Å². The number of methoxy groups -OCH3 is 1. The van der Waals surface area contributed by atoms with Gasteiger partial charge in [0.25, 0.3) is 0 Å². The van der Waals surface area contributed by atoms with Crippen molar-refractivity contribution in [1.82, 2.24) is 0 Å². The molecule has 0 aliphatic rings. The first-order valence-corrected chi connectivity index (χ1v) is 6.40. The lowest BCUT2D eigenvalue weighted by Gasteiger charge is -2.25. The van der Waals surface area contributed by atoms with Crippen molar-refractivity contribution >= 4 is 17.6 Å². The molecule has 5 heteroatoms. The molecule has 0 bridgehead atoms. The van der Waals surface area contributed by atoms with Crippen LogP contribution in [0, 0.1) is 0 Å². The maximum Gasteiger partial charge on any atom is 0.320 e. The molecule has 1 unspecified atom stereocenters. The van der Waals surface area contributed by atoms with Crippen LogP contribution in [0.4, 0.5) is 0 Å². The zero-order valence-electron chi connectivity index (χ0n) is 11.7. The molecule has 3 N–H and O–H groups in total. The van der Waals surface area contributed by atoms with Crippen molar-refractivity contribution in [3.05, 3.63) is 28.3 Å². The first-order valence-electron chi connectivity index (χ1n) is 6.02. The van der Waals surface area contributed by atoms with E-state index in [2.05, 4.69) is 0 Å². The number of hydrogen-bond acceptors (Lipinski definition) is 3. The van der Waals surface area contributed by atoms with Gasteiger partial charge in [-0.15, -0.1) is 0 Å². The van der Waals surface area contributed by atoms with Crippen LogP contribution in [0.5, 0.6) is 5.75 Å². The Bertz CT molecular complexity index is 480. The Morgan fingerprint density at radius 1 is 1.47 bits per heavy atom. The number of rotatable bonds is 4. The lowest BCUT2D eigenvalue weighted by molar-refractivity contribution is -0.138. The Morgan fingerprint density at radius 3 is 2.47 bits per heavy atom. The van der Waals surface area contributed by atoms with Gasteiger partial charge in [-0.05, 0) is 23.1 Å². The van der Waals surface area contributed by atoms with Crippen LogP contribution in [-0.2, 0) is 16.6 Å². The second-order valence-corrected chi connectivity index (χ2v) is 5.98. The largest absolute Gasteiger partial charge is 0.496 e. The monoisotopic (exact) mass is 285 g/mol. The van der Waals surface area contributed by atoms with Gasteiger partial charge in [-0.3, -0.25) is 4.79 Å². The second kappa shape index (κ2) is 5.80. The van der Waals surface area contributed by atoms with E-state index < -0.39 is 12.0 Å². The number of carbonyl (C=O) groups is 1. The molecule has 1 aromatic rings. The van der Waals surface area contributed by atoms with Gasteiger partial charge in [0.15, 0.2) is 0 Å². The summed E-state index contributed by atoms with van der Waals surface area (Å²) >= 11 is 6.10. The molecular weight excluding hydrogens is 266 g/mol. The summed E-state index contributed by atoms with van der Waals surface area (Å²) in [4.78, 5) is 10.9.